The van der Waals surface area contributed by atoms with E-state index in [1.165, 1.54) is 59.3 Å². The Kier molecular flexibility index (Phi) is 5.49. The van der Waals surface area contributed by atoms with Crippen molar-refractivity contribution in [1.29, 1.82) is 0 Å². The Bertz CT molecular complexity index is 1380. The highest BCUT2D eigenvalue weighted by Crippen LogP contribution is 2.29. The fourth-order valence-electron chi connectivity index (χ4n) is 2.89. The fraction of sp³-hybridized carbons (Fsp3) is 0.0500. The molecular weight excluding hydrogens is 447 g/mol. The molecule has 1 N–H and O–H groups in total. The zero-order valence-corrected chi connectivity index (χ0v) is 17.1. The number of benzene rings is 2. The first-order valence-corrected chi connectivity index (χ1v) is 10.0. The highest BCUT2D eigenvalue weighted by molar-refractivity contribution is 7.22. The molecule has 4 aromatic rings. The summed E-state index contributed by atoms with van der Waals surface area (Å²) in [5, 5.41) is 13.9. The van der Waals surface area contributed by atoms with Crippen molar-refractivity contribution in [2.45, 2.75) is 6.54 Å². The number of rotatable bonds is 5. The average molecular weight is 459 g/mol. The van der Waals surface area contributed by atoms with Crippen LogP contribution in [-0.2, 0) is 6.54 Å². The second kappa shape index (κ2) is 8.25. The average Bonchev–Trinajstić information content (AvgIpc) is 3.13. The number of carbonyl (C=O) groups excluding carboxylic acids is 1. The lowest BCUT2D eigenvalue weighted by molar-refractivity contribution is -0.384. The molecule has 2 aromatic carbocycles. The maximum Gasteiger partial charge on any atom is 0.270 e. The molecule has 156 valence electrons. The van der Waals surface area contributed by atoms with Crippen LogP contribution >= 0.6 is 22.9 Å². The molecule has 0 saturated carbocycles. The minimum absolute atomic E-state index is 0.0760. The zero-order valence-electron chi connectivity index (χ0n) is 15.5. The molecule has 1 amide bonds. The van der Waals surface area contributed by atoms with E-state index in [0.29, 0.717) is 10.2 Å². The second-order valence-electron chi connectivity index (χ2n) is 6.47. The van der Waals surface area contributed by atoms with Gasteiger partial charge < -0.3 is 4.57 Å². The summed E-state index contributed by atoms with van der Waals surface area (Å²) in [6, 6.07) is 11.0. The predicted molar refractivity (Wildman–Crippen MR) is 115 cm³/mol. The number of aromatic nitrogens is 2. The molecular formula is C20H12ClFN4O4S. The van der Waals surface area contributed by atoms with Gasteiger partial charge in [-0.2, -0.15) is 0 Å². The summed E-state index contributed by atoms with van der Waals surface area (Å²) in [5.74, 6) is -1.10. The van der Waals surface area contributed by atoms with Gasteiger partial charge in [-0.1, -0.05) is 29.0 Å². The van der Waals surface area contributed by atoms with Gasteiger partial charge in [0.05, 0.1) is 27.2 Å². The summed E-state index contributed by atoms with van der Waals surface area (Å²) >= 11 is 7.11. The number of pyridine rings is 1. The number of thiazole rings is 1. The van der Waals surface area contributed by atoms with Crippen molar-refractivity contribution < 1.29 is 14.1 Å². The summed E-state index contributed by atoms with van der Waals surface area (Å²) in [4.78, 5) is 39.5. The lowest BCUT2D eigenvalue weighted by Gasteiger charge is -2.10. The lowest BCUT2D eigenvalue weighted by atomic mass is 10.2. The van der Waals surface area contributed by atoms with Gasteiger partial charge >= 0.3 is 0 Å². The number of hydrogen-bond donors (Lipinski definition) is 1. The molecule has 0 spiro atoms. The van der Waals surface area contributed by atoms with E-state index in [2.05, 4.69) is 10.3 Å². The van der Waals surface area contributed by atoms with Gasteiger partial charge in [0.1, 0.15) is 5.82 Å². The van der Waals surface area contributed by atoms with Gasteiger partial charge in [0, 0.05) is 35.0 Å². The monoisotopic (exact) mass is 458 g/mol. The number of nitrogens with zero attached hydrogens (tertiary/aromatic N) is 3. The number of amides is 1. The van der Waals surface area contributed by atoms with Crippen LogP contribution in [-0.4, -0.2) is 20.4 Å². The summed E-state index contributed by atoms with van der Waals surface area (Å²) in [6.07, 6.45) is 1.30. The molecule has 0 aliphatic carbocycles. The van der Waals surface area contributed by atoms with E-state index in [-0.39, 0.29) is 33.5 Å². The molecule has 0 atom stereocenters. The van der Waals surface area contributed by atoms with Gasteiger partial charge in [-0.25, -0.2) is 9.37 Å². The number of carbonyl (C=O) groups is 1. The molecule has 31 heavy (non-hydrogen) atoms. The molecule has 0 unspecified atom stereocenters. The Morgan fingerprint density at radius 2 is 2.06 bits per heavy atom. The van der Waals surface area contributed by atoms with Crippen molar-refractivity contribution in [2.24, 2.45) is 0 Å². The van der Waals surface area contributed by atoms with Crippen molar-refractivity contribution in [1.82, 2.24) is 9.55 Å². The highest BCUT2D eigenvalue weighted by atomic mass is 35.5. The van der Waals surface area contributed by atoms with E-state index in [1.54, 1.807) is 0 Å². The number of nitrogens with one attached hydrogen (secondary N) is 1. The number of nitro benzene ring substituents is 1. The number of hydrogen-bond acceptors (Lipinski definition) is 6. The molecule has 0 bridgehead atoms. The molecule has 2 aromatic heterocycles. The van der Waals surface area contributed by atoms with Gasteiger partial charge in [-0.3, -0.25) is 25.0 Å². The lowest BCUT2D eigenvalue weighted by Crippen LogP contribution is -2.23. The molecule has 0 saturated heterocycles. The smallest absolute Gasteiger partial charge is 0.270 e. The summed E-state index contributed by atoms with van der Waals surface area (Å²) in [5.41, 5.74) is 0.287. The maximum atomic E-state index is 14.1. The van der Waals surface area contributed by atoms with Crippen molar-refractivity contribution in [3.05, 3.63) is 97.2 Å². The quantitative estimate of drug-likeness (QED) is 0.351. The van der Waals surface area contributed by atoms with Crippen LogP contribution in [0.25, 0.3) is 10.2 Å². The van der Waals surface area contributed by atoms with Crippen LogP contribution < -0.4 is 10.9 Å². The van der Waals surface area contributed by atoms with Crippen molar-refractivity contribution in [2.75, 3.05) is 5.32 Å². The molecule has 0 aliphatic heterocycles. The van der Waals surface area contributed by atoms with Gasteiger partial charge in [0.2, 0.25) is 0 Å². The molecule has 11 heteroatoms. The van der Waals surface area contributed by atoms with Crippen molar-refractivity contribution in [3.8, 4) is 0 Å². The van der Waals surface area contributed by atoms with Crippen LogP contribution in [0.3, 0.4) is 0 Å². The predicted octanol–water partition coefficient (Wildman–Crippen LogP) is 4.46. The van der Waals surface area contributed by atoms with Crippen LogP contribution in [0.2, 0.25) is 5.02 Å². The van der Waals surface area contributed by atoms with Gasteiger partial charge in [0.25, 0.3) is 17.2 Å². The molecule has 0 aliphatic rings. The summed E-state index contributed by atoms with van der Waals surface area (Å²) in [6.45, 7) is -0.143. The van der Waals surface area contributed by atoms with Crippen LogP contribution in [0.5, 0.6) is 0 Å². The first kappa shape index (κ1) is 20.6. The van der Waals surface area contributed by atoms with Crippen molar-refractivity contribution in [3.63, 3.8) is 0 Å². The van der Waals surface area contributed by atoms with E-state index >= 15 is 0 Å². The third-order valence-corrected chi connectivity index (χ3v) is 5.73. The minimum Gasteiger partial charge on any atom is -0.310 e. The van der Waals surface area contributed by atoms with Crippen LogP contribution in [0.15, 0.2) is 59.5 Å². The zero-order chi connectivity index (χ0) is 22.1. The molecule has 0 radical (unpaired) electrons. The van der Waals surface area contributed by atoms with E-state index < -0.39 is 22.2 Å². The van der Waals surface area contributed by atoms with Crippen molar-refractivity contribution >= 4 is 49.9 Å². The topological polar surface area (TPSA) is 107 Å². The maximum absolute atomic E-state index is 14.1. The van der Waals surface area contributed by atoms with Crippen LogP contribution in [0, 0.1) is 15.9 Å². The minimum atomic E-state index is -0.558. The number of fused-ring (bicyclic) bond motifs is 1. The van der Waals surface area contributed by atoms with E-state index in [9.17, 15) is 24.1 Å². The molecule has 0 fully saturated rings. The molecule has 4 rings (SSSR count). The standard InChI is InChI=1S/C20H12ClFN4O4S/c21-14-2-1-3-15(22)13(14)10-25-9-11(4-7-18(25)27)19(28)24-20-23-16-6-5-12(26(29)30)8-17(16)31-20/h1-9H,10H2,(H,23,24,28). The Balaban J connectivity index is 1.59. The number of nitro groups is 1. The highest BCUT2D eigenvalue weighted by Gasteiger charge is 2.15. The summed E-state index contributed by atoms with van der Waals surface area (Å²) < 4.78 is 15.8. The Hall–Kier alpha value is -3.63. The summed E-state index contributed by atoms with van der Waals surface area (Å²) in [7, 11) is 0. The Morgan fingerprint density at radius 1 is 1.26 bits per heavy atom. The molecule has 2 heterocycles. The Labute approximate surface area is 182 Å². The Morgan fingerprint density at radius 3 is 2.81 bits per heavy atom. The SMILES string of the molecule is O=C(Nc1nc2ccc([N+](=O)[O-])cc2s1)c1ccc(=O)n(Cc2c(F)cccc2Cl)c1. The molecule has 8 nitrogen and oxygen atoms in total. The number of anilines is 1. The van der Waals surface area contributed by atoms with Crippen LogP contribution in [0.4, 0.5) is 15.2 Å². The van der Waals surface area contributed by atoms with Gasteiger partial charge in [-0.15, -0.1) is 0 Å². The first-order chi connectivity index (χ1) is 14.8. The van der Waals surface area contributed by atoms with E-state index in [0.717, 1.165) is 11.3 Å². The number of non-ortho nitro benzene ring substituents is 1. The van der Waals surface area contributed by atoms with Crippen LogP contribution in [0.1, 0.15) is 15.9 Å². The fourth-order valence-corrected chi connectivity index (χ4v) is 4.01. The van der Waals surface area contributed by atoms with E-state index in [4.69, 9.17) is 11.6 Å². The third kappa shape index (κ3) is 4.30. The third-order valence-electron chi connectivity index (χ3n) is 4.44. The normalized spacial score (nSPS) is 10.9. The van der Waals surface area contributed by atoms with E-state index in [1.807, 2.05) is 0 Å². The second-order valence-corrected chi connectivity index (χ2v) is 7.90. The van der Waals surface area contributed by atoms with Gasteiger partial charge in [0.15, 0.2) is 5.13 Å². The van der Waals surface area contributed by atoms with Gasteiger partial charge in [-0.05, 0) is 24.3 Å². The number of halogens is 2. The first-order valence-electron chi connectivity index (χ1n) is 8.81. The largest absolute Gasteiger partial charge is 0.310 e.